The van der Waals surface area contributed by atoms with Crippen molar-refractivity contribution in [2.24, 2.45) is 0 Å². The van der Waals surface area contributed by atoms with Gasteiger partial charge in [0, 0.05) is 31.4 Å². The molecular formula is C34H34O10. The Morgan fingerprint density at radius 2 is 0.977 bits per heavy atom. The van der Waals surface area contributed by atoms with E-state index >= 15 is 0 Å². The molecule has 0 radical (unpaired) electrons. The molecule has 10 nitrogen and oxygen atoms in total. The van der Waals surface area contributed by atoms with Crippen LogP contribution in [0.5, 0.6) is 17.2 Å². The van der Waals surface area contributed by atoms with Gasteiger partial charge in [-0.15, -0.1) is 0 Å². The van der Waals surface area contributed by atoms with Gasteiger partial charge in [-0.1, -0.05) is 25.3 Å². The molecule has 0 N–H and O–H groups in total. The summed E-state index contributed by atoms with van der Waals surface area (Å²) in [5.41, 5.74) is 1.66. The second-order valence-electron chi connectivity index (χ2n) is 9.12. The number of hydrogen-bond donors (Lipinski definition) is 0. The molecule has 0 fully saturated rings. The standard InChI is InChI=1S/C34H34O10/c1-3-31(35)41-22-5-20-39-28-15-9-26(10-16-28)33(37)43-24-19-25-7-13-30(14-8-25)44-34(38)27-11-17-29(18-12-27)40-21-6-23-42-32(36)4-2/h3-4,7-18H,1-2,5-6,19-24H2. The lowest BCUT2D eigenvalue weighted by molar-refractivity contribution is -0.138. The van der Waals surface area contributed by atoms with Crippen LogP contribution in [0.4, 0.5) is 0 Å². The molecule has 44 heavy (non-hydrogen) atoms. The van der Waals surface area contributed by atoms with Crippen LogP contribution in [-0.2, 0) is 30.2 Å². The van der Waals surface area contributed by atoms with Gasteiger partial charge in [-0.2, -0.15) is 0 Å². The van der Waals surface area contributed by atoms with E-state index in [9.17, 15) is 19.2 Å². The van der Waals surface area contributed by atoms with Crippen LogP contribution in [0.3, 0.4) is 0 Å². The smallest absolute Gasteiger partial charge is 0.343 e. The van der Waals surface area contributed by atoms with E-state index in [4.69, 9.17) is 28.4 Å². The minimum Gasteiger partial charge on any atom is -0.493 e. The number of benzene rings is 3. The summed E-state index contributed by atoms with van der Waals surface area (Å²) in [5.74, 6) is -0.382. The van der Waals surface area contributed by atoms with Gasteiger partial charge in [0.2, 0.25) is 0 Å². The van der Waals surface area contributed by atoms with Crippen LogP contribution >= 0.6 is 0 Å². The van der Waals surface area contributed by atoms with E-state index in [0.717, 1.165) is 17.7 Å². The van der Waals surface area contributed by atoms with Crippen molar-refractivity contribution in [1.82, 2.24) is 0 Å². The zero-order valence-electron chi connectivity index (χ0n) is 24.2. The molecule has 0 aliphatic heterocycles. The highest BCUT2D eigenvalue weighted by Gasteiger charge is 2.10. The van der Waals surface area contributed by atoms with Crippen LogP contribution in [0.25, 0.3) is 0 Å². The second kappa shape index (κ2) is 18.2. The van der Waals surface area contributed by atoms with E-state index in [1.807, 2.05) is 0 Å². The zero-order valence-corrected chi connectivity index (χ0v) is 24.2. The molecule has 3 aromatic carbocycles. The van der Waals surface area contributed by atoms with E-state index in [2.05, 4.69) is 13.2 Å². The van der Waals surface area contributed by atoms with Crippen LogP contribution in [0.15, 0.2) is 98.1 Å². The highest BCUT2D eigenvalue weighted by molar-refractivity contribution is 5.91. The van der Waals surface area contributed by atoms with Crippen molar-refractivity contribution >= 4 is 23.9 Å². The Morgan fingerprint density at radius 3 is 1.45 bits per heavy atom. The van der Waals surface area contributed by atoms with E-state index in [0.29, 0.717) is 60.9 Å². The van der Waals surface area contributed by atoms with Crippen LogP contribution in [0, 0.1) is 0 Å². The average molecular weight is 603 g/mol. The molecule has 230 valence electrons. The van der Waals surface area contributed by atoms with Gasteiger partial charge < -0.3 is 28.4 Å². The number of esters is 4. The Balaban J connectivity index is 1.34. The SMILES string of the molecule is C=CC(=O)OCCCOc1ccc(C(=O)OCCc2ccc(OC(=O)c3ccc(OCCCOC(=O)C=C)cc3)cc2)cc1. The first-order valence-electron chi connectivity index (χ1n) is 13.9. The van der Waals surface area contributed by atoms with Crippen molar-refractivity contribution in [2.45, 2.75) is 19.3 Å². The number of rotatable bonds is 18. The first-order valence-corrected chi connectivity index (χ1v) is 13.9. The Bertz CT molecular complexity index is 1390. The van der Waals surface area contributed by atoms with Gasteiger partial charge in [0.15, 0.2) is 0 Å². The van der Waals surface area contributed by atoms with Crippen LogP contribution in [0.1, 0.15) is 39.1 Å². The third-order valence-electron chi connectivity index (χ3n) is 5.87. The molecular weight excluding hydrogens is 568 g/mol. The van der Waals surface area contributed by atoms with Crippen molar-refractivity contribution in [3.8, 4) is 17.2 Å². The number of carbonyl (C=O) groups excluding carboxylic acids is 4. The summed E-state index contributed by atoms with van der Waals surface area (Å²) in [6.07, 6.45) is 3.74. The maximum Gasteiger partial charge on any atom is 0.343 e. The van der Waals surface area contributed by atoms with Gasteiger partial charge in [-0.25, -0.2) is 19.2 Å². The molecule has 0 saturated heterocycles. The van der Waals surface area contributed by atoms with Crippen LogP contribution < -0.4 is 14.2 Å². The summed E-state index contributed by atoms with van der Waals surface area (Å²) < 4.78 is 31.7. The van der Waals surface area contributed by atoms with Gasteiger partial charge >= 0.3 is 23.9 Å². The van der Waals surface area contributed by atoms with Crippen molar-refractivity contribution in [3.63, 3.8) is 0 Å². The largest absolute Gasteiger partial charge is 0.493 e. The fourth-order valence-corrected chi connectivity index (χ4v) is 3.57. The first kappa shape index (κ1) is 33.1. The first-order chi connectivity index (χ1) is 21.4. The maximum atomic E-state index is 12.5. The van der Waals surface area contributed by atoms with Gasteiger partial charge in [-0.05, 0) is 66.2 Å². The Labute approximate surface area is 255 Å². The van der Waals surface area contributed by atoms with Gasteiger partial charge in [0.1, 0.15) is 17.2 Å². The molecule has 0 saturated carbocycles. The lowest BCUT2D eigenvalue weighted by Crippen LogP contribution is -2.09. The van der Waals surface area contributed by atoms with Crippen molar-refractivity contribution in [3.05, 3.63) is 115 Å². The molecule has 0 amide bonds. The molecule has 3 rings (SSSR count). The summed E-state index contributed by atoms with van der Waals surface area (Å²) in [4.78, 5) is 46.9. The number of carbonyl (C=O) groups is 4. The van der Waals surface area contributed by atoms with Crippen LogP contribution in [0.2, 0.25) is 0 Å². The average Bonchev–Trinajstić information content (AvgIpc) is 3.05. The molecule has 0 aliphatic rings. The maximum absolute atomic E-state index is 12.5. The lowest BCUT2D eigenvalue weighted by atomic mass is 10.1. The number of hydrogen-bond acceptors (Lipinski definition) is 10. The summed E-state index contributed by atoms with van der Waals surface area (Å²) in [7, 11) is 0. The molecule has 10 heteroatoms. The predicted molar refractivity (Wildman–Crippen MR) is 161 cm³/mol. The molecule has 0 spiro atoms. The van der Waals surface area contributed by atoms with E-state index in [1.165, 1.54) is 0 Å². The lowest BCUT2D eigenvalue weighted by Gasteiger charge is -2.09. The molecule has 0 aliphatic carbocycles. The molecule has 3 aromatic rings. The predicted octanol–water partition coefficient (Wildman–Crippen LogP) is 5.30. The summed E-state index contributed by atoms with van der Waals surface area (Å²) in [5, 5.41) is 0. The fourth-order valence-electron chi connectivity index (χ4n) is 3.57. The normalized spacial score (nSPS) is 10.2. The topological polar surface area (TPSA) is 124 Å². The Hall–Kier alpha value is -5.38. The molecule has 0 aromatic heterocycles. The Morgan fingerprint density at radius 1 is 0.523 bits per heavy atom. The Kier molecular flexibility index (Phi) is 13.7. The van der Waals surface area contributed by atoms with Crippen molar-refractivity contribution in [1.29, 1.82) is 0 Å². The summed E-state index contributed by atoms with van der Waals surface area (Å²) >= 11 is 0. The van der Waals surface area contributed by atoms with Crippen molar-refractivity contribution in [2.75, 3.05) is 33.0 Å². The highest BCUT2D eigenvalue weighted by atomic mass is 16.5. The monoisotopic (exact) mass is 602 g/mol. The van der Waals surface area contributed by atoms with Gasteiger partial charge in [0.25, 0.3) is 0 Å². The van der Waals surface area contributed by atoms with E-state index in [-0.39, 0.29) is 19.8 Å². The molecule has 0 bridgehead atoms. The minimum atomic E-state index is -0.514. The van der Waals surface area contributed by atoms with Gasteiger partial charge in [-0.3, -0.25) is 0 Å². The van der Waals surface area contributed by atoms with E-state index in [1.54, 1.807) is 72.8 Å². The third-order valence-corrected chi connectivity index (χ3v) is 5.87. The zero-order chi connectivity index (χ0) is 31.6. The summed E-state index contributed by atoms with van der Waals surface area (Å²) in [6.45, 7) is 8.00. The molecule has 0 heterocycles. The fraction of sp³-hybridized carbons (Fsp3) is 0.235. The quantitative estimate of drug-likeness (QED) is 0.0623. The highest BCUT2D eigenvalue weighted by Crippen LogP contribution is 2.18. The number of ether oxygens (including phenoxy) is 6. The van der Waals surface area contributed by atoms with Gasteiger partial charge in [0.05, 0.1) is 44.2 Å². The third kappa shape index (κ3) is 11.8. The second-order valence-corrected chi connectivity index (χ2v) is 9.12. The molecule has 0 atom stereocenters. The summed E-state index contributed by atoms with van der Waals surface area (Å²) in [6, 6.07) is 20.0. The van der Waals surface area contributed by atoms with Crippen LogP contribution in [-0.4, -0.2) is 56.9 Å². The minimum absolute atomic E-state index is 0.175. The van der Waals surface area contributed by atoms with Crippen molar-refractivity contribution < 1.29 is 47.6 Å². The molecule has 0 unspecified atom stereocenters. The van der Waals surface area contributed by atoms with E-state index < -0.39 is 23.9 Å².